The van der Waals surface area contributed by atoms with Crippen LogP contribution in [0.4, 0.5) is 0 Å². The first-order valence-corrected chi connectivity index (χ1v) is 18.9. The lowest BCUT2D eigenvalue weighted by molar-refractivity contribution is 0.670. The minimum absolute atomic E-state index is 0.909. The Labute approximate surface area is 316 Å². The molecule has 3 nitrogen and oxygen atoms in total. The quantitative estimate of drug-likeness (QED) is 0.179. The van der Waals surface area contributed by atoms with E-state index in [4.69, 9.17) is 4.42 Å². The summed E-state index contributed by atoms with van der Waals surface area (Å²) in [6, 6.07) is 70.2. The zero-order valence-corrected chi connectivity index (χ0v) is 29.8. The third-order valence-corrected chi connectivity index (χ3v) is 11.5. The van der Waals surface area contributed by atoms with Crippen molar-refractivity contribution in [2.24, 2.45) is 0 Å². The van der Waals surface area contributed by atoms with Crippen molar-refractivity contribution in [1.29, 1.82) is 0 Å². The summed E-state index contributed by atoms with van der Waals surface area (Å²) < 4.78 is 11.5. The molecule has 0 bridgehead atoms. The van der Waals surface area contributed by atoms with Crippen molar-refractivity contribution >= 4 is 76.3 Å². The average Bonchev–Trinajstić information content (AvgIpc) is 3.91. The smallest absolute Gasteiger partial charge is 0.143 e. The molecule has 0 spiro atoms. The highest BCUT2D eigenvalue weighted by atomic mass is 16.3. The number of hydrogen-bond donors (Lipinski definition) is 0. The van der Waals surface area contributed by atoms with Gasteiger partial charge < -0.3 is 13.6 Å². The van der Waals surface area contributed by atoms with Crippen molar-refractivity contribution in [2.45, 2.75) is 0 Å². The molecule has 0 unspecified atom stereocenters. The number of furan rings is 1. The zero-order chi connectivity index (χ0) is 36.0. The molecular formula is C52H32N2O. The van der Waals surface area contributed by atoms with Gasteiger partial charge in [-0.15, -0.1) is 0 Å². The molecule has 0 aliphatic heterocycles. The van der Waals surface area contributed by atoms with Crippen molar-refractivity contribution in [3.8, 4) is 33.6 Å². The number of hydrogen-bond acceptors (Lipinski definition) is 1. The van der Waals surface area contributed by atoms with Gasteiger partial charge in [-0.05, 0) is 70.6 Å². The number of nitrogens with zero attached hydrogens (tertiary/aromatic N) is 2. The third kappa shape index (κ3) is 4.32. The van der Waals surface area contributed by atoms with Crippen LogP contribution in [0.25, 0.3) is 110 Å². The van der Waals surface area contributed by atoms with Crippen LogP contribution < -0.4 is 0 Å². The SMILES string of the molecule is c1ccc(-c2ccc3c(c2)c2ccc4c(c5ccccc5n4-c4ccc(-c5cccc6c5oc5ccccc56)c5ccccc45)c2n3-c2ccccc2)cc1. The molecule has 0 radical (unpaired) electrons. The van der Waals surface area contributed by atoms with Crippen molar-refractivity contribution in [3.05, 3.63) is 194 Å². The van der Waals surface area contributed by atoms with E-state index < -0.39 is 0 Å². The van der Waals surface area contributed by atoms with Crippen LogP contribution in [0.15, 0.2) is 199 Å². The van der Waals surface area contributed by atoms with Crippen LogP contribution in [0.3, 0.4) is 0 Å². The molecule has 3 aromatic heterocycles. The van der Waals surface area contributed by atoms with Crippen molar-refractivity contribution in [1.82, 2.24) is 9.13 Å². The predicted octanol–water partition coefficient (Wildman–Crippen LogP) is 14.3. The van der Waals surface area contributed by atoms with E-state index in [0.717, 1.165) is 44.4 Å². The van der Waals surface area contributed by atoms with Crippen LogP contribution in [-0.4, -0.2) is 9.13 Å². The Hall–Kier alpha value is -7.36. The summed E-state index contributed by atoms with van der Waals surface area (Å²) in [6.07, 6.45) is 0. The summed E-state index contributed by atoms with van der Waals surface area (Å²) in [4.78, 5) is 0. The normalized spacial score (nSPS) is 12.0. The summed E-state index contributed by atoms with van der Waals surface area (Å²) >= 11 is 0. The topological polar surface area (TPSA) is 23.0 Å². The van der Waals surface area contributed by atoms with Crippen molar-refractivity contribution in [3.63, 3.8) is 0 Å². The van der Waals surface area contributed by atoms with Gasteiger partial charge in [0.05, 0.1) is 27.8 Å². The fourth-order valence-corrected chi connectivity index (χ4v) is 9.15. The van der Waals surface area contributed by atoms with E-state index >= 15 is 0 Å². The summed E-state index contributed by atoms with van der Waals surface area (Å²) in [6.45, 7) is 0. The standard InChI is InChI=1S/C52H32N2O/c1-3-14-33(15-4-1)34-26-29-47-44(32-34)40-28-31-48-50(51(40)53(47)35-16-5-2-6-17-35)43-21-9-11-24-45(43)54(48)46-30-27-37(36-18-7-8-19-38(36)46)41-22-13-23-42-39-20-10-12-25-49(39)55-52(41)42/h1-32H. The molecule has 0 amide bonds. The van der Waals surface area contributed by atoms with E-state index in [1.807, 2.05) is 6.07 Å². The van der Waals surface area contributed by atoms with Crippen molar-refractivity contribution in [2.75, 3.05) is 0 Å². The maximum Gasteiger partial charge on any atom is 0.143 e. The van der Waals surface area contributed by atoms with Crippen LogP contribution in [0.1, 0.15) is 0 Å². The van der Waals surface area contributed by atoms with Gasteiger partial charge in [0.15, 0.2) is 0 Å². The minimum Gasteiger partial charge on any atom is -0.455 e. The molecule has 3 heteroatoms. The number of fused-ring (bicyclic) bond motifs is 11. The molecule has 256 valence electrons. The van der Waals surface area contributed by atoms with Gasteiger partial charge in [-0.25, -0.2) is 0 Å². The first-order chi connectivity index (χ1) is 27.3. The molecule has 0 aliphatic rings. The molecule has 12 rings (SSSR count). The second-order valence-electron chi connectivity index (χ2n) is 14.4. The largest absolute Gasteiger partial charge is 0.455 e. The van der Waals surface area contributed by atoms with Gasteiger partial charge >= 0.3 is 0 Å². The molecule has 0 fully saturated rings. The summed E-state index contributed by atoms with van der Waals surface area (Å²) in [5.41, 5.74) is 13.6. The van der Waals surface area contributed by atoms with E-state index in [0.29, 0.717) is 0 Å². The Morgan fingerprint density at radius 2 is 1.02 bits per heavy atom. The van der Waals surface area contributed by atoms with E-state index in [9.17, 15) is 0 Å². The van der Waals surface area contributed by atoms with Gasteiger partial charge in [0.1, 0.15) is 11.2 Å². The predicted molar refractivity (Wildman–Crippen MR) is 231 cm³/mol. The minimum atomic E-state index is 0.909. The van der Waals surface area contributed by atoms with Gasteiger partial charge in [-0.1, -0.05) is 146 Å². The average molecular weight is 701 g/mol. The summed E-state index contributed by atoms with van der Waals surface area (Å²) in [7, 11) is 0. The lowest BCUT2D eigenvalue weighted by Crippen LogP contribution is -1.97. The Kier molecular flexibility index (Phi) is 6.34. The molecule has 9 aromatic carbocycles. The number of rotatable bonds is 4. The maximum absolute atomic E-state index is 6.54. The highest BCUT2D eigenvalue weighted by molar-refractivity contribution is 6.27. The van der Waals surface area contributed by atoms with Gasteiger partial charge in [-0.3, -0.25) is 0 Å². The van der Waals surface area contributed by atoms with Crippen LogP contribution in [0, 0.1) is 0 Å². The second kappa shape index (κ2) is 11.6. The summed E-state index contributed by atoms with van der Waals surface area (Å²) in [5, 5.41) is 9.61. The van der Waals surface area contributed by atoms with E-state index in [2.05, 4.69) is 197 Å². The monoisotopic (exact) mass is 700 g/mol. The Balaban J connectivity index is 1.17. The zero-order valence-electron chi connectivity index (χ0n) is 29.8. The maximum atomic E-state index is 6.54. The molecular weight excluding hydrogens is 669 g/mol. The lowest BCUT2D eigenvalue weighted by atomic mass is 9.95. The summed E-state index contributed by atoms with van der Waals surface area (Å²) in [5.74, 6) is 0. The van der Waals surface area contributed by atoms with Gasteiger partial charge in [0, 0.05) is 49.0 Å². The van der Waals surface area contributed by atoms with Crippen LogP contribution >= 0.6 is 0 Å². The molecule has 0 saturated carbocycles. The first kappa shape index (κ1) is 30.1. The highest BCUT2D eigenvalue weighted by Gasteiger charge is 2.23. The molecule has 0 saturated heterocycles. The van der Waals surface area contributed by atoms with Gasteiger partial charge in [0.25, 0.3) is 0 Å². The molecule has 0 N–H and O–H groups in total. The number of aromatic nitrogens is 2. The number of benzene rings is 9. The van der Waals surface area contributed by atoms with Crippen LogP contribution in [0.2, 0.25) is 0 Å². The number of para-hydroxylation sites is 4. The van der Waals surface area contributed by atoms with Crippen molar-refractivity contribution < 1.29 is 4.42 Å². The first-order valence-electron chi connectivity index (χ1n) is 18.9. The molecule has 3 heterocycles. The fraction of sp³-hybridized carbons (Fsp3) is 0. The van der Waals surface area contributed by atoms with Gasteiger partial charge in [0.2, 0.25) is 0 Å². The molecule has 0 aliphatic carbocycles. The fourth-order valence-electron chi connectivity index (χ4n) is 9.15. The van der Waals surface area contributed by atoms with Gasteiger partial charge in [-0.2, -0.15) is 0 Å². The van der Waals surface area contributed by atoms with Crippen LogP contribution in [-0.2, 0) is 0 Å². The Morgan fingerprint density at radius 1 is 0.345 bits per heavy atom. The molecule has 12 aromatic rings. The lowest BCUT2D eigenvalue weighted by Gasteiger charge is -2.15. The van der Waals surface area contributed by atoms with E-state index in [1.54, 1.807) is 0 Å². The second-order valence-corrected chi connectivity index (χ2v) is 14.4. The molecule has 0 atom stereocenters. The Bertz CT molecular complexity index is 3470. The van der Waals surface area contributed by atoms with E-state index in [-0.39, 0.29) is 0 Å². The van der Waals surface area contributed by atoms with E-state index in [1.165, 1.54) is 65.5 Å². The Morgan fingerprint density at radius 3 is 1.87 bits per heavy atom. The highest BCUT2D eigenvalue weighted by Crippen LogP contribution is 2.45. The third-order valence-electron chi connectivity index (χ3n) is 11.5. The van der Waals surface area contributed by atoms with Crippen LogP contribution in [0.5, 0.6) is 0 Å². The molecule has 55 heavy (non-hydrogen) atoms.